The van der Waals surface area contributed by atoms with Crippen LogP contribution in [-0.2, 0) is 12.8 Å². The molecule has 1 saturated heterocycles. The van der Waals surface area contributed by atoms with Crippen LogP contribution in [0.1, 0.15) is 62.0 Å². The molecule has 34 heavy (non-hydrogen) atoms. The molecule has 1 amide bonds. The molecule has 0 aliphatic carbocycles. The molecule has 2 aliphatic heterocycles. The number of aryl methyl sites for hydroxylation is 1. The second-order valence-corrected chi connectivity index (χ2v) is 9.65. The topological polar surface area (TPSA) is 70.4 Å². The van der Waals surface area contributed by atoms with Crippen LogP contribution in [0.3, 0.4) is 0 Å². The summed E-state index contributed by atoms with van der Waals surface area (Å²) in [4.78, 5) is 18.5. The Morgan fingerprint density at radius 1 is 1.18 bits per heavy atom. The number of aromatic nitrogens is 2. The second kappa shape index (κ2) is 8.98. The number of halogens is 2. The number of carbonyl (C=O) groups is 1. The number of fused-ring (bicyclic) bond motifs is 3. The van der Waals surface area contributed by atoms with Crippen molar-refractivity contribution in [2.45, 2.75) is 64.0 Å². The lowest BCUT2D eigenvalue weighted by molar-refractivity contribution is 0.198. The predicted octanol–water partition coefficient (Wildman–Crippen LogP) is 5.40. The molecule has 1 unspecified atom stereocenters. The van der Waals surface area contributed by atoms with Crippen LogP contribution in [-0.4, -0.2) is 39.9 Å². The SMILES string of the molecule is CC(Cc1ccc(F)c(F)c1)c1nc2c3c(ccc2n1C1CCNCC1)N(C(=O)O)[C@@H](C)CC3. The summed E-state index contributed by atoms with van der Waals surface area (Å²) < 4.78 is 29.6. The standard InChI is InChI=1S/C26H30F2N4O2/c1-15(13-17-4-6-20(27)21(28)14-17)25-30-24-19-5-3-16(2)31(26(33)34)22(19)7-8-23(24)32(25)18-9-11-29-12-10-18/h4,6-8,14-16,18,29H,3,5,9-13H2,1-2H3,(H,33,34)/t15?,16-/m0/s1. The highest BCUT2D eigenvalue weighted by atomic mass is 19.2. The van der Waals surface area contributed by atoms with Gasteiger partial charge in [0, 0.05) is 23.6 Å². The van der Waals surface area contributed by atoms with E-state index in [0.717, 1.165) is 66.8 Å². The van der Waals surface area contributed by atoms with Crippen LogP contribution in [0.15, 0.2) is 30.3 Å². The van der Waals surface area contributed by atoms with E-state index < -0.39 is 17.7 Å². The Hall–Kier alpha value is -3.00. The molecule has 0 bridgehead atoms. The first kappa shape index (κ1) is 22.8. The van der Waals surface area contributed by atoms with Crippen LogP contribution in [0, 0.1) is 11.6 Å². The Balaban J connectivity index is 1.62. The molecule has 0 saturated carbocycles. The number of benzene rings is 2. The van der Waals surface area contributed by atoms with E-state index in [9.17, 15) is 18.7 Å². The number of amides is 1. The summed E-state index contributed by atoms with van der Waals surface area (Å²) in [6.45, 7) is 5.86. The molecule has 1 aromatic heterocycles. The van der Waals surface area contributed by atoms with Gasteiger partial charge in [-0.2, -0.15) is 0 Å². The highest BCUT2D eigenvalue weighted by Crippen LogP contribution is 2.39. The molecule has 6 nitrogen and oxygen atoms in total. The molecule has 3 aromatic rings. The number of nitrogens with one attached hydrogen (secondary N) is 1. The summed E-state index contributed by atoms with van der Waals surface area (Å²) in [5, 5.41) is 13.2. The number of hydrogen-bond acceptors (Lipinski definition) is 3. The van der Waals surface area contributed by atoms with Crippen LogP contribution in [0.4, 0.5) is 19.3 Å². The highest BCUT2D eigenvalue weighted by Gasteiger charge is 2.32. The Kier molecular flexibility index (Phi) is 6.02. The van der Waals surface area contributed by atoms with Gasteiger partial charge in [0.05, 0.1) is 16.7 Å². The van der Waals surface area contributed by atoms with Crippen molar-refractivity contribution >= 4 is 22.8 Å². The van der Waals surface area contributed by atoms with Gasteiger partial charge in [0.2, 0.25) is 0 Å². The van der Waals surface area contributed by atoms with Gasteiger partial charge in [0.15, 0.2) is 11.6 Å². The number of hydrogen-bond donors (Lipinski definition) is 2. The van der Waals surface area contributed by atoms with E-state index in [0.29, 0.717) is 12.1 Å². The third-order valence-electron chi connectivity index (χ3n) is 7.33. The van der Waals surface area contributed by atoms with Crippen LogP contribution >= 0.6 is 0 Å². The molecule has 2 aromatic carbocycles. The first-order chi connectivity index (χ1) is 16.3. The van der Waals surface area contributed by atoms with Gasteiger partial charge in [-0.25, -0.2) is 18.6 Å². The molecule has 0 spiro atoms. The van der Waals surface area contributed by atoms with E-state index in [1.54, 1.807) is 6.07 Å². The van der Waals surface area contributed by atoms with Crippen LogP contribution in [0.25, 0.3) is 11.0 Å². The number of piperidine rings is 1. The number of carboxylic acid groups (broad SMARTS) is 1. The van der Waals surface area contributed by atoms with E-state index in [1.807, 2.05) is 19.1 Å². The van der Waals surface area contributed by atoms with Crippen molar-refractivity contribution in [1.82, 2.24) is 14.9 Å². The van der Waals surface area contributed by atoms with E-state index in [1.165, 1.54) is 17.0 Å². The zero-order valence-corrected chi connectivity index (χ0v) is 19.5. The van der Waals surface area contributed by atoms with Crippen LogP contribution < -0.4 is 10.2 Å². The summed E-state index contributed by atoms with van der Waals surface area (Å²) in [7, 11) is 0. The van der Waals surface area contributed by atoms with Gasteiger partial charge < -0.3 is 15.0 Å². The smallest absolute Gasteiger partial charge is 0.412 e. The van der Waals surface area contributed by atoms with Crippen molar-refractivity contribution in [3.63, 3.8) is 0 Å². The number of anilines is 1. The Morgan fingerprint density at radius 2 is 1.94 bits per heavy atom. The number of imidazole rings is 1. The predicted molar refractivity (Wildman–Crippen MR) is 128 cm³/mol. The van der Waals surface area contributed by atoms with E-state index in [2.05, 4.69) is 16.8 Å². The normalized spacial score (nSPS) is 19.9. The van der Waals surface area contributed by atoms with Crippen LogP contribution in [0.2, 0.25) is 0 Å². The third kappa shape index (κ3) is 3.94. The lowest BCUT2D eigenvalue weighted by atomic mass is 9.95. The minimum absolute atomic E-state index is 0.0270. The van der Waals surface area contributed by atoms with Crippen molar-refractivity contribution in [1.29, 1.82) is 0 Å². The van der Waals surface area contributed by atoms with Gasteiger partial charge in [-0.05, 0) is 81.9 Å². The molecule has 0 radical (unpaired) electrons. The fourth-order valence-electron chi connectivity index (χ4n) is 5.62. The summed E-state index contributed by atoms with van der Waals surface area (Å²) in [6, 6.07) is 8.18. The monoisotopic (exact) mass is 468 g/mol. The Morgan fingerprint density at radius 3 is 2.65 bits per heavy atom. The lowest BCUT2D eigenvalue weighted by Crippen LogP contribution is -2.41. The molecule has 1 fully saturated rings. The first-order valence-corrected chi connectivity index (χ1v) is 12.1. The van der Waals surface area contributed by atoms with E-state index in [4.69, 9.17) is 4.98 Å². The molecule has 2 atom stereocenters. The van der Waals surface area contributed by atoms with Crippen molar-refractivity contribution in [2.24, 2.45) is 0 Å². The molecular weight excluding hydrogens is 438 g/mol. The zero-order valence-electron chi connectivity index (χ0n) is 19.5. The first-order valence-electron chi connectivity index (χ1n) is 12.1. The van der Waals surface area contributed by atoms with Gasteiger partial charge >= 0.3 is 6.09 Å². The molecule has 3 heterocycles. The zero-order chi connectivity index (χ0) is 24.0. The summed E-state index contributed by atoms with van der Waals surface area (Å²) in [5.41, 5.74) is 4.31. The average molecular weight is 469 g/mol. The van der Waals surface area contributed by atoms with Crippen molar-refractivity contribution < 1.29 is 18.7 Å². The minimum atomic E-state index is -0.947. The van der Waals surface area contributed by atoms with Gasteiger partial charge in [-0.15, -0.1) is 0 Å². The fourth-order valence-corrected chi connectivity index (χ4v) is 5.62. The maximum absolute atomic E-state index is 13.8. The Labute approximate surface area is 197 Å². The van der Waals surface area contributed by atoms with E-state index in [-0.39, 0.29) is 18.0 Å². The number of nitrogens with zero attached hydrogens (tertiary/aromatic N) is 3. The molecule has 2 aliphatic rings. The maximum Gasteiger partial charge on any atom is 0.412 e. The summed E-state index contributed by atoms with van der Waals surface area (Å²) >= 11 is 0. The fraction of sp³-hybridized carbons (Fsp3) is 0.462. The maximum atomic E-state index is 13.8. The second-order valence-electron chi connectivity index (χ2n) is 9.65. The number of rotatable bonds is 4. The quantitative estimate of drug-likeness (QED) is 0.538. The lowest BCUT2D eigenvalue weighted by Gasteiger charge is -2.33. The van der Waals surface area contributed by atoms with Crippen molar-refractivity contribution in [3.05, 3.63) is 58.9 Å². The van der Waals surface area contributed by atoms with Crippen LogP contribution in [0.5, 0.6) is 0 Å². The molecule has 8 heteroatoms. The largest absolute Gasteiger partial charge is 0.465 e. The third-order valence-corrected chi connectivity index (χ3v) is 7.33. The van der Waals surface area contributed by atoms with Gasteiger partial charge in [-0.3, -0.25) is 4.90 Å². The highest BCUT2D eigenvalue weighted by molar-refractivity contribution is 5.94. The molecule has 5 rings (SSSR count). The minimum Gasteiger partial charge on any atom is -0.465 e. The molecular formula is C26H30F2N4O2. The molecule has 180 valence electrons. The van der Waals surface area contributed by atoms with Gasteiger partial charge in [0.1, 0.15) is 5.82 Å². The summed E-state index contributed by atoms with van der Waals surface area (Å²) in [6.07, 6.45) is 3.07. The van der Waals surface area contributed by atoms with Gasteiger partial charge in [0.25, 0.3) is 0 Å². The summed E-state index contributed by atoms with van der Waals surface area (Å²) in [5.74, 6) is -0.794. The van der Waals surface area contributed by atoms with E-state index >= 15 is 0 Å². The Bertz CT molecular complexity index is 1240. The average Bonchev–Trinajstić information content (AvgIpc) is 3.21. The van der Waals surface area contributed by atoms with Gasteiger partial charge in [-0.1, -0.05) is 13.0 Å². The van der Waals surface area contributed by atoms with Crippen molar-refractivity contribution in [3.8, 4) is 0 Å². The molecule has 2 N–H and O–H groups in total. The van der Waals surface area contributed by atoms with Crippen molar-refractivity contribution in [2.75, 3.05) is 18.0 Å².